The van der Waals surface area contributed by atoms with E-state index in [0.29, 0.717) is 0 Å². The number of anilines is 1. The maximum atomic E-state index is 12.8. The highest BCUT2D eigenvalue weighted by molar-refractivity contribution is 6.08. The Morgan fingerprint density at radius 2 is 1.37 bits per heavy atom. The maximum absolute atomic E-state index is 12.8. The first kappa shape index (κ1) is 26.2. The monoisotopic (exact) mass is 485 g/mol. The summed E-state index contributed by atoms with van der Waals surface area (Å²) in [6.07, 6.45) is 0. The Bertz CT molecular complexity index is 1240. The van der Waals surface area contributed by atoms with Crippen molar-refractivity contribution in [1.82, 2.24) is 0 Å². The summed E-state index contributed by atoms with van der Waals surface area (Å²) in [7, 11) is 2.25. The minimum atomic E-state index is -1.42. The normalized spacial score (nSPS) is 11.4. The van der Waals surface area contributed by atoms with Gasteiger partial charge in [0, 0.05) is 0 Å². The molecule has 2 rings (SSSR count). The number of carbonyl (C=O) groups excluding carboxylic acids is 3. The number of amides is 1. The van der Waals surface area contributed by atoms with Gasteiger partial charge < -0.3 is 30.1 Å². The average molecular weight is 485 g/mol. The number of nitrogens with one attached hydrogen (secondary N) is 1. The number of azo groups is 1. The van der Waals surface area contributed by atoms with Crippen LogP contribution in [-0.2, 0) is 14.3 Å². The number of methoxy groups -OCH3 is 2. The molecule has 13 nitrogen and oxygen atoms in total. The quantitative estimate of drug-likeness (QED) is 0.186. The number of hydrogen-bond donors (Lipinski definition) is 4. The fraction of sp³-hybridized carbons (Fsp3) is 0.136. The fourth-order valence-corrected chi connectivity index (χ4v) is 2.67. The van der Waals surface area contributed by atoms with E-state index in [0.717, 1.165) is 45.4 Å². The molecule has 0 aliphatic heterocycles. The molecule has 0 heterocycles. The van der Waals surface area contributed by atoms with Gasteiger partial charge >= 0.3 is 23.9 Å². The summed E-state index contributed by atoms with van der Waals surface area (Å²) in [4.78, 5) is 59.2. The van der Waals surface area contributed by atoms with Crippen molar-refractivity contribution < 1.29 is 48.8 Å². The van der Waals surface area contributed by atoms with Crippen LogP contribution in [0.25, 0.3) is 0 Å². The summed E-state index contributed by atoms with van der Waals surface area (Å²) in [6, 6.07) is 6.57. The van der Waals surface area contributed by atoms with Crippen molar-refractivity contribution in [3.05, 3.63) is 70.1 Å². The number of ether oxygens (including phenoxy) is 2. The molecule has 0 radical (unpaired) electrons. The third kappa shape index (κ3) is 6.47. The van der Waals surface area contributed by atoms with Crippen LogP contribution in [0.1, 0.15) is 48.4 Å². The molecule has 0 aromatic heterocycles. The molecule has 2 aromatic carbocycles. The van der Waals surface area contributed by atoms with Crippen LogP contribution in [-0.4, -0.2) is 59.3 Å². The molecule has 35 heavy (non-hydrogen) atoms. The zero-order chi connectivity index (χ0) is 26.3. The number of hydrogen-bond acceptors (Lipinski definition) is 10. The number of benzene rings is 2. The molecule has 0 saturated heterocycles. The molecule has 13 heteroatoms. The highest BCUT2D eigenvalue weighted by Gasteiger charge is 2.20. The van der Waals surface area contributed by atoms with Gasteiger partial charge in [0.15, 0.2) is 5.70 Å². The minimum Gasteiger partial charge on any atom is -0.510 e. The molecular weight excluding hydrogens is 466 g/mol. The molecule has 4 N–H and O–H groups in total. The van der Waals surface area contributed by atoms with Gasteiger partial charge in [-0.15, -0.1) is 5.11 Å². The Morgan fingerprint density at radius 3 is 1.86 bits per heavy atom. The number of nitrogens with zero attached hydrogens (tertiary/aromatic N) is 2. The van der Waals surface area contributed by atoms with Crippen molar-refractivity contribution in [2.75, 3.05) is 19.5 Å². The minimum absolute atomic E-state index is 0.00462. The maximum Gasteiger partial charge on any atom is 0.339 e. The molecule has 182 valence electrons. The van der Waals surface area contributed by atoms with E-state index >= 15 is 0 Å². The third-order valence-electron chi connectivity index (χ3n) is 4.33. The summed E-state index contributed by atoms with van der Waals surface area (Å²) < 4.78 is 9.27. The summed E-state index contributed by atoms with van der Waals surface area (Å²) in [5.41, 5.74) is -1.96. The lowest BCUT2D eigenvalue weighted by molar-refractivity contribution is -0.113. The molecule has 0 bridgehead atoms. The Hall–Kier alpha value is -5.07. The van der Waals surface area contributed by atoms with Gasteiger partial charge in [0.1, 0.15) is 5.76 Å². The highest BCUT2D eigenvalue weighted by Crippen LogP contribution is 2.23. The van der Waals surface area contributed by atoms with Crippen LogP contribution in [0.4, 0.5) is 11.4 Å². The topological polar surface area (TPSA) is 201 Å². The second kappa shape index (κ2) is 11.2. The zero-order valence-corrected chi connectivity index (χ0v) is 18.6. The average Bonchev–Trinajstić information content (AvgIpc) is 2.82. The van der Waals surface area contributed by atoms with Gasteiger partial charge in [0.05, 0.1) is 47.8 Å². The third-order valence-corrected chi connectivity index (χ3v) is 4.33. The number of aromatic carboxylic acids is 2. The van der Waals surface area contributed by atoms with Crippen LogP contribution >= 0.6 is 0 Å². The smallest absolute Gasteiger partial charge is 0.339 e. The standard InChI is InChI=1S/C22H19N3O10/c1-10(26)17(25-24-14-7-12(19(28)29)6-13(8-14)20(30)31)18(27)23-16-9-11(21(32)34-2)4-5-15(16)22(33)35-3/h4-9,26H,1-3H3,(H,23,27)(H,28,29)(H,30,31). The Morgan fingerprint density at radius 1 is 0.800 bits per heavy atom. The Balaban J connectivity index is 2.46. The van der Waals surface area contributed by atoms with E-state index in [-0.39, 0.29) is 22.5 Å². The van der Waals surface area contributed by atoms with Gasteiger partial charge in [-0.1, -0.05) is 0 Å². The molecule has 0 fully saturated rings. The first-order valence-electron chi connectivity index (χ1n) is 9.53. The van der Waals surface area contributed by atoms with Crippen molar-refractivity contribution in [3.8, 4) is 0 Å². The number of aliphatic hydroxyl groups is 1. The molecular formula is C22H19N3O10. The summed E-state index contributed by atoms with van der Waals surface area (Å²) in [5, 5.41) is 37.8. The van der Waals surface area contributed by atoms with E-state index in [1.54, 1.807) is 0 Å². The number of rotatable bonds is 8. The van der Waals surface area contributed by atoms with E-state index < -0.39 is 52.4 Å². The number of esters is 2. The lowest BCUT2D eigenvalue weighted by Crippen LogP contribution is -2.18. The van der Waals surface area contributed by atoms with Crippen LogP contribution in [0.15, 0.2) is 58.1 Å². The van der Waals surface area contributed by atoms with Crippen LogP contribution in [0.5, 0.6) is 0 Å². The zero-order valence-electron chi connectivity index (χ0n) is 18.6. The molecule has 0 aliphatic carbocycles. The molecule has 0 unspecified atom stereocenters. The van der Waals surface area contributed by atoms with E-state index in [2.05, 4.69) is 25.0 Å². The fourth-order valence-electron chi connectivity index (χ4n) is 2.67. The van der Waals surface area contributed by atoms with Gasteiger partial charge in [0.2, 0.25) is 0 Å². The largest absolute Gasteiger partial charge is 0.510 e. The molecule has 0 atom stereocenters. The van der Waals surface area contributed by atoms with Gasteiger partial charge in [0.25, 0.3) is 5.91 Å². The van der Waals surface area contributed by atoms with Gasteiger partial charge in [-0.3, -0.25) is 4.79 Å². The number of carbonyl (C=O) groups is 5. The van der Waals surface area contributed by atoms with Crippen molar-refractivity contribution in [3.63, 3.8) is 0 Å². The summed E-state index contributed by atoms with van der Waals surface area (Å²) in [5.74, 6) is -6.10. The van der Waals surface area contributed by atoms with Crippen molar-refractivity contribution >= 4 is 41.2 Å². The second-order valence-corrected chi connectivity index (χ2v) is 6.71. The van der Waals surface area contributed by atoms with Gasteiger partial charge in [-0.05, 0) is 43.3 Å². The predicted octanol–water partition coefficient (Wildman–Crippen LogP) is 3.17. The number of aliphatic hydroxyl groups excluding tert-OH is 1. The predicted molar refractivity (Wildman–Crippen MR) is 118 cm³/mol. The molecule has 0 saturated carbocycles. The number of carboxylic acids is 2. The van der Waals surface area contributed by atoms with Crippen LogP contribution in [0, 0.1) is 0 Å². The lowest BCUT2D eigenvalue weighted by Gasteiger charge is -2.11. The Labute approximate surface area is 197 Å². The Kier molecular flexibility index (Phi) is 8.36. The van der Waals surface area contributed by atoms with E-state index in [1.807, 2.05) is 0 Å². The van der Waals surface area contributed by atoms with Crippen molar-refractivity contribution in [1.29, 1.82) is 0 Å². The first-order chi connectivity index (χ1) is 16.5. The molecule has 0 spiro atoms. The molecule has 1 amide bonds. The molecule has 2 aromatic rings. The number of allylic oxidation sites excluding steroid dienone is 1. The second-order valence-electron chi connectivity index (χ2n) is 6.71. The summed E-state index contributed by atoms with van der Waals surface area (Å²) >= 11 is 0. The number of carboxylic acid groups (broad SMARTS) is 2. The van der Waals surface area contributed by atoms with Crippen LogP contribution in [0.2, 0.25) is 0 Å². The van der Waals surface area contributed by atoms with Crippen molar-refractivity contribution in [2.24, 2.45) is 10.2 Å². The van der Waals surface area contributed by atoms with E-state index in [9.17, 15) is 29.1 Å². The van der Waals surface area contributed by atoms with Crippen LogP contribution < -0.4 is 5.32 Å². The van der Waals surface area contributed by atoms with Crippen LogP contribution in [0.3, 0.4) is 0 Å². The van der Waals surface area contributed by atoms with E-state index in [4.69, 9.17) is 10.2 Å². The SMILES string of the molecule is COC(=O)c1ccc(C(=O)OC)c(NC(=O)C(N=Nc2cc(C(=O)O)cc(C(=O)O)c2)=C(C)O)c1. The van der Waals surface area contributed by atoms with E-state index in [1.165, 1.54) is 12.1 Å². The molecule has 0 aliphatic rings. The first-order valence-corrected chi connectivity index (χ1v) is 9.53. The van der Waals surface area contributed by atoms with Crippen molar-refractivity contribution in [2.45, 2.75) is 6.92 Å². The van der Waals surface area contributed by atoms with Gasteiger partial charge in [-0.25, -0.2) is 19.2 Å². The van der Waals surface area contributed by atoms with Gasteiger partial charge in [-0.2, -0.15) is 5.11 Å². The summed E-state index contributed by atoms with van der Waals surface area (Å²) in [6.45, 7) is 1.11. The lowest BCUT2D eigenvalue weighted by atomic mass is 10.1. The highest BCUT2D eigenvalue weighted by atomic mass is 16.5.